The van der Waals surface area contributed by atoms with Gasteiger partial charge in [0.05, 0.1) is 38.2 Å². The Morgan fingerprint density at radius 2 is 1.44 bits per heavy atom. The summed E-state index contributed by atoms with van der Waals surface area (Å²) >= 11 is 0. The van der Waals surface area contributed by atoms with Gasteiger partial charge < -0.3 is 28.4 Å². The number of hydrogen-bond acceptors (Lipinski definition) is 21. The summed E-state index contributed by atoms with van der Waals surface area (Å²) in [4.78, 5) is 47.7. The smallest absolute Gasteiger partial charge is 0.306 e. The highest BCUT2D eigenvalue weighted by Gasteiger charge is 2.28. The third kappa shape index (κ3) is 15.3. The number of hydrogen-bond donors (Lipinski definition) is 5. The first-order valence-electron chi connectivity index (χ1n) is 18.4. The SMILES string of the molecule is COc1ccc(-c2nc(NS(=O)(=O)c3ccc(C(C)(C)C)cn3)c(Oc3ccccc3OC)c(OCC(COC(=O)CCCON(O)O)OC(=O)CCCON(O)O)n2)cc1. The molecule has 0 spiro atoms. The first kappa shape index (κ1) is 47.9. The molecule has 22 nitrogen and oxygen atoms in total. The van der Waals surface area contributed by atoms with Gasteiger partial charge in [0, 0.05) is 24.6 Å². The maximum Gasteiger partial charge on any atom is 0.306 e. The molecule has 4 rings (SSSR count). The van der Waals surface area contributed by atoms with Crippen molar-refractivity contribution in [1.29, 1.82) is 0 Å². The standard InChI is InChI=1S/C38H48N6O16S/c1-38(2,3)26-16-19-31(39-22-26)61(51,52)42-36-34(60-30-11-7-6-10-29(30)54-5)37(41-35(40-36)25-14-17-27(53-4)18-15-25)56-24-28(59-33(46)13-9-21-58-44(49)50)23-55-32(45)12-8-20-57-43(47)48/h6-7,10-11,14-19,22,28,47-50H,8-9,12-13,20-21,23-24H2,1-5H3,(H,40,41,42). The van der Waals surface area contributed by atoms with Crippen molar-refractivity contribution in [3.63, 3.8) is 0 Å². The molecule has 0 saturated heterocycles. The number of esters is 2. The van der Waals surface area contributed by atoms with E-state index in [1.807, 2.05) is 20.8 Å². The first-order valence-corrected chi connectivity index (χ1v) is 19.9. The molecular weight excluding hydrogens is 829 g/mol. The Balaban J connectivity index is 1.77. The summed E-state index contributed by atoms with van der Waals surface area (Å²) < 4.78 is 64.5. The van der Waals surface area contributed by atoms with Crippen LogP contribution >= 0.6 is 0 Å². The van der Waals surface area contributed by atoms with Crippen LogP contribution in [0.4, 0.5) is 5.82 Å². The average Bonchev–Trinajstić information content (AvgIpc) is 3.22. The van der Waals surface area contributed by atoms with Crippen molar-refractivity contribution >= 4 is 27.8 Å². The van der Waals surface area contributed by atoms with Crippen molar-refractivity contribution in [2.45, 2.75) is 63.0 Å². The third-order valence-electron chi connectivity index (χ3n) is 8.17. The number of para-hydroxylation sites is 2. The van der Waals surface area contributed by atoms with Gasteiger partial charge in [0.25, 0.3) is 15.9 Å². The van der Waals surface area contributed by atoms with Gasteiger partial charge in [-0.2, -0.15) is 13.4 Å². The highest BCUT2D eigenvalue weighted by Crippen LogP contribution is 2.42. The average molecular weight is 877 g/mol. The van der Waals surface area contributed by atoms with E-state index in [0.29, 0.717) is 11.3 Å². The lowest BCUT2D eigenvalue weighted by Gasteiger charge is -2.21. The summed E-state index contributed by atoms with van der Waals surface area (Å²) in [6, 6.07) is 15.9. The van der Waals surface area contributed by atoms with Crippen molar-refractivity contribution < 1.29 is 76.9 Å². The number of anilines is 1. The highest BCUT2D eigenvalue weighted by atomic mass is 32.2. The molecule has 0 amide bonds. The molecular formula is C38H48N6O16S. The summed E-state index contributed by atoms with van der Waals surface area (Å²) in [5.41, 5.74) is 0.862. The minimum Gasteiger partial charge on any atom is -0.497 e. The van der Waals surface area contributed by atoms with Crippen molar-refractivity contribution in [2.75, 3.05) is 45.4 Å². The molecule has 1 unspecified atom stereocenters. The number of ether oxygens (including phenoxy) is 6. The lowest BCUT2D eigenvalue weighted by atomic mass is 9.88. The zero-order valence-corrected chi connectivity index (χ0v) is 34.7. The fourth-order valence-electron chi connectivity index (χ4n) is 5.05. The third-order valence-corrected chi connectivity index (χ3v) is 9.43. The molecule has 2 aromatic carbocycles. The van der Waals surface area contributed by atoms with E-state index in [9.17, 15) is 18.0 Å². The van der Waals surface area contributed by atoms with Gasteiger partial charge in [0.2, 0.25) is 5.75 Å². The molecule has 4 aromatic rings. The Hall–Kier alpha value is -5.76. The van der Waals surface area contributed by atoms with Crippen LogP contribution < -0.4 is 23.7 Å². The Bertz CT molecular complexity index is 2140. The first-order chi connectivity index (χ1) is 29.0. The summed E-state index contributed by atoms with van der Waals surface area (Å²) in [6.45, 7) is 4.24. The van der Waals surface area contributed by atoms with Crippen molar-refractivity contribution in [1.82, 2.24) is 25.7 Å². The van der Waals surface area contributed by atoms with E-state index in [0.717, 1.165) is 5.56 Å². The Labute approximate surface area is 350 Å². The number of aromatic nitrogens is 3. The molecule has 332 valence electrons. The number of carbonyl (C=O) groups excluding carboxylic acids is 2. The molecule has 1 atom stereocenters. The van der Waals surface area contributed by atoms with E-state index < -0.39 is 57.9 Å². The van der Waals surface area contributed by atoms with Crippen LogP contribution in [0, 0.1) is 0 Å². The van der Waals surface area contributed by atoms with Crippen LogP contribution in [0.3, 0.4) is 0 Å². The van der Waals surface area contributed by atoms with E-state index in [1.54, 1.807) is 48.5 Å². The van der Waals surface area contributed by atoms with E-state index in [4.69, 9.17) is 49.3 Å². The lowest BCUT2D eigenvalue weighted by molar-refractivity contribution is -0.492. The van der Waals surface area contributed by atoms with Crippen LogP contribution in [-0.4, -0.2) is 114 Å². The summed E-state index contributed by atoms with van der Waals surface area (Å²) in [6.07, 6.45) is -0.354. The van der Waals surface area contributed by atoms with Crippen molar-refractivity contribution in [3.8, 4) is 40.3 Å². The molecule has 0 radical (unpaired) electrons. The Kier molecular flexibility index (Phi) is 17.9. The molecule has 0 aliphatic rings. The van der Waals surface area contributed by atoms with Gasteiger partial charge in [-0.3, -0.25) is 44.8 Å². The van der Waals surface area contributed by atoms with Crippen LogP contribution in [-0.2, 0) is 44.2 Å². The van der Waals surface area contributed by atoms with Crippen LogP contribution in [0.5, 0.6) is 28.9 Å². The van der Waals surface area contributed by atoms with Crippen molar-refractivity contribution in [3.05, 3.63) is 72.4 Å². The van der Waals surface area contributed by atoms with Gasteiger partial charge >= 0.3 is 11.9 Å². The van der Waals surface area contributed by atoms with E-state index in [-0.39, 0.29) is 78.3 Å². The molecule has 0 aliphatic heterocycles. The maximum absolute atomic E-state index is 14.0. The van der Waals surface area contributed by atoms with Crippen LogP contribution in [0.15, 0.2) is 71.9 Å². The molecule has 2 heterocycles. The largest absolute Gasteiger partial charge is 0.497 e. The van der Waals surface area contributed by atoms with Crippen LogP contribution in [0.25, 0.3) is 11.4 Å². The second kappa shape index (κ2) is 22.7. The lowest BCUT2D eigenvalue weighted by Crippen LogP contribution is -2.31. The minimum atomic E-state index is -4.48. The molecule has 5 N–H and O–H groups in total. The molecule has 0 saturated carbocycles. The molecule has 23 heteroatoms. The van der Waals surface area contributed by atoms with Crippen LogP contribution in [0.1, 0.15) is 52.0 Å². The van der Waals surface area contributed by atoms with Gasteiger partial charge in [-0.15, -0.1) is 0 Å². The fourth-order valence-corrected chi connectivity index (χ4v) is 5.99. The highest BCUT2D eigenvalue weighted by molar-refractivity contribution is 7.92. The predicted molar refractivity (Wildman–Crippen MR) is 208 cm³/mol. The topological polar surface area (TPSA) is 280 Å². The normalized spacial score (nSPS) is 12.2. The van der Waals surface area contributed by atoms with Crippen molar-refractivity contribution in [2.24, 2.45) is 0 Å². The molecule has 61 heavy (non-hydrogen) atoms. The van der Waals surface area contributed by atoms with Crippen LogP contribution in [0.2, 0.25) is 0 Å². The van der Waals surface area contributed by atoms with Gasteiger partial charge in [-0.05, 0) is 66.3 Å². The second-order valence-corrected chi connectivity index (χ2v) is 15.4. The van der Waals surface area contributed by atoms with Gasteiger partial charge in [0.15, 0.2) is 34.3 Å². The summed E-state index contributed by atoms with van der Waals surface area (Å²) in [5.74, 6) is -1.89. The minimum absolute atomic E-state index is 0.0120. The number of carbonyl (C=O) groups is 2. The quantitative estimate of drug-likeness (QED) is 0.0357. The number of benzene rings is 2. The number of nitrogens with one attached hydrogen (secondary N) is 1. The van der Waals surface area contributed by atoms with E-state index in [1.165, 1.54) is 32.5 Å². The molecule has 0 bridgehead atoms. The second-order valence-electron chi connectivity index (χ2n) is 13.7. The van der Waals surface area contributed by atoms with Gasteiger partial charge in [0.1, 0.15) is 19.0 Å². The van der Waals surface area contributed by atoms with E-state index in [2.05, 4.69) is 29.3 Å². The number of sulfonamides is 1. The summed E-state index contributed by atoms with van der Waals surface area (Å²) in [5, 5.41) is 33.6. The zero-order valence-electron chi connectivity index (χ0n) is 33.9. The zero-order chi connectivity index (χ0) is 44.6. The summed E-state index contributed by atoms with van der Waals surface area (Å²) in [7, 11) is -1.59. The monoisotopic (exact) mass is 876 g/mol. The number of nitrogens with zero attached hydrogens (tertiary/aromatic N) is 5. The maximum atomic E-state index is 14.0. The fraction of sp³-hybridized carbons (Fsp3) is 0.395. The predicted octanol–water partition coefficient (Wildman–Crippen LogP) is 4.86. The van der Waals surface area contributed by atoms with E-state index >= 15 is 0 Å². The van der Waals surface area contributed by atoms with Gasteiger partial charge in [-0.25, -0.2) is 9.97 Å². The Morgan fingerprint density at radius 1 is 0.803 bits per heavy atom. The Morgan fingerprint density at radius 3 is 2.02 bits per heavy atom. The molecule has 0 fully saturated rings. The number of pyridine rings is 1. The van der Waals surface area contributed by atoms with Gasteiger partial charge in [-0.1, -0.05) is 39.0 Å². The number of rotatable bonds is 24. The molecule has 0 aliphatic carbocycles. The molecule has 2 aromatic heterocycles. The number of methoxy groups -OCH3 is 2.